The SMILES string of the molecule is Fc1cc(F)c(COC2CCNCC2)cc1F. The van der Waals surface area contributed by atoms with E-state index in [1.165, 1.54) is 0 Å². The molecule has 0 amide bonds. The fourth-order valence-electron chi connectivity index (χ4n) is 1.84. The lowest BCUT2D eigenvalue weighted by molar-refractivity contribution is 0.0197. The van der Waals surface area contributed by atoms with Gasteiger partial charge in [-0.3, -0.25) is 0 Å². The molecule has 1 aromatic rings. The summed E-state index contributed by atoms with van der Waals surface area (Å²) >= 11 is 0. The van der Waals surface area contributed by atoms with Crippen LogP contribution in [0, 0.1) is 17.5 Å². The van der Waals surface area contributed by atoms with Crippen LogP contribution in [0.2, 0.25) is 0 Å². The van der Waals surface area contributed by atoms with E-state index in [-0.39, 0.29) is 18.3 Å². The van der Waals surface area contributed by atoms with Crippen LogP contribution in [0.3, 0.4) is 0 Å². The van der Waals surface area contributed by atoms with Crippen molar-refractivity contribution in [1.29, 1.82) is 0 Å². The minimum Gasteiger partial charge on any atom is -0.373 e. The van der Waals surface area contributed by atoms with Crippen molar-refractivity contribution in [2.45, 2.75) is 25.6 Å². The van der Waals surface area contributed by atoms with Crippen molar-refractivity contribution in [3.05, 3.63) is 35.1 Å². The molecule has 1 heterocycles. The first kappa shape index (κ1) is 12.4. The quantitative estimate of drug-likeness (QED) is 0.825. The van der Waals surface area contributed by atoms with Gasteiger partial charge in [0.05, 0.1) is 12.7 Å². The molecular formula is C12H14F3NO. The van der Waals surface area contributed by atoms with Crippen LogP contribution in [0.5, 0.6) is 0 Å². The molecule has 0 spiro atoms. The Hall–Kier alpha value is -1.07. The summed E-state index contributed by atoms with van der Waals surface area (Å²) < 4.78 is 44.4. The summed E-state index contributed by atoms with van der Waals surface area (Å²) in [6.45, 7) is 1.71. The van der Waals surface area contributed by atoms with Gasteiger partial charge in [-0.15, -0.1) is 0 Å². The minimum absolute atomic E-state index is 0.0201. The molecule has 0 aliphatic carbocycles. The van der Waals surface area contributed by atoms with Crippen molar-refractivity contribution in [1.82, 2.24) is 5.32 Å². The normalized spacial score (nSPS) is 17.4. The van der Waals surface area contributed by atoms with E-state index in [1.54, 1.807) is 0 Å². The summed E-state index contributed by atoms with van der Waals surface area (Å²) in [7, 11) is 0. The van der Waals surface area contributed by atoms with E-state index in [9.17, 15) is 13.2 Å². The first-order valence-corrected chi connectivity index (χ1v) is 5.62. The molecule has 2 nitrogen and oxygen atoms in total. The number of hydrogen-bond acceptors (Lipinski definition) is 2. The van der Waals surface area contributed by atoms with Crippen molar-refractivity contribution in [2.75, 3.05) is 13.1 Å². The predicted octanol–water partition coefficient (Wildman–Crippen LogP) is 2.37. The molecule has 1 aliphatic rings. The van der Waals surface area contributed by atoms with Gasteiger partial charge in [-0.1, -0.05) is 0 Å². The van der Waals surface area contributed by atoms with Gasteiger partial charge in [-0.05, 0) is 32.0 Å². The molecule has 0 unspecified atom stereocenters. The van der Waals surface area contributed by atoms with Crippen LogP contribution < -0.4 is 5.32 Å². The maximum Gasteiger partial charge on any atom is 0.161 e. The lowest BCUT2D eigenvalue weighted by Crippen LogP contribution is -2.32. The summed E-state index contributed by atoms with van der Waals surface area (Å²) in [5, 5.41) is 3.18. The second kappa shape index (κ2) is 5.51. The smallest absolute Gasteiger partial charge is 0.161 e. The summed E-state index contributed by atoms with van der Waals surface area (Å²) in [6.07, 6.45) is 1.76. The zero-order valence-corrected chi connectivity index (χ0v) is 9.31. The zero-order chi connectivity index (χ0) is 12.3. The Bertz CT molecular complexity index is 392. The highest BCUT2D eigenvalue weighted by molar-refractivity contribution is 5.19. The van der Waals surface area contributed by atoms with Crippen LogP contribution in [0.4, 0.5) is 13.2 Å². The van der Waals surface area contributed by atoms with Crippen LogP contribution in [0.1, 0.15) is 18.4 Å². The Kier molecular flexibility index (Phi) is 4.02. The highest BCUT2D eigenvalue weighted by Gasteiger charge is 2.15. The van der Waals surface area contributed by atoms with E-state index in [0.29, 0.717) is 6.07 Å². The molecule has 2 rings (SSSR count). The summed E-state index contributed by atoms with van der Waals surface area (Å²) in [5.41, 5.74) is 0.0578. The summed E-state index contributed by atoms with van der Waals surface area (Å²) in [5.74, 6) is -2.98. The standard InChI is InChI=1S/C12H14F3NO/c13-10-6-12(15)11(14)5-8(10)7-17-9-1-3-16-4-2-9/h5-6,9,16H,1-4,7H2. The molecule has 0 aromatic heterocycles. The molecule has 0 saturated carbocycles. The van der Waals surface area contributed by atoms with E-state index in [4.69, 9.17) is 4.74 Å². The van der Waals surface area contributed by atoms with Crippen molar-refractivity contribution in [2.24, 2.45) is 0 Å². The van der Waals surface area contributed by atoms with Gasteiger partial charge in [0.15, 0.2) is 11.6 Å². The van der Waals surface area contributed by atoms with Gasteiger partial charge < -0.3 is 10.1 Å². The van der Waals surface area contributed by atoms with Crippen LogP contribution in [-0.2, 0) is 11.3 Å². The Morgan fingerprint density at radius 3 is 2.41 bits per heavy atom. The Morgan fingerprint density at radius 1 is 1.06 bits per heavy atom. The van der Waals surface area contributed by atoms with Gasteiger partial charge in [-0.2, -0.15) is 0 Å². The topological polar surface area (TPSA) is 21.3 Å². The summed E-state index contributed by atoms with van der Waals surface area (Å²) in [6, 6.07) is 1.40. The average molecular weight is 245 g/mol. The fraction of sp³-hybridized carbons (Fsp3) is 0.500. The van der Waals surface area contributed by atoms with Crippen molar-refractivity contribution in [3.8, 4) is 0 Å². The molecule has 0 radical (unpaired) electrons. The Morgan fingerprint density at radius 2 is 1.71 bits per heavy atom. The third-order valence-corrected chi connectivity index (χ3v) is 2.85. The molecule has 1 fully saturated rings. The predicted molar refractivity (Wildman–Crippen MR) is 57.0 cm³/mol. The molecule has 5 heteroatoms. The number of nitrogens with one attached hydrogen (secondary N) is 1. The largest absolute Gasteiger partial charge is 0.373 e. The number of benzene rings is 1. The highest BCUT2D eigenvalue weighted by atomic mass is 19.2. The van der Waals surface area contributed by atoms with Crippen LogP contribution >= 0.6 is 0 Å². The maximum atomic E-state index is 13.3. The van der Waals surface area contributed by atoms with Crippen molar-refractivity contribution >= 4 is 0 Å². The third-order valence-electron chi connectivity index (χ3n) is 2.85. The molecular weight excluding hydrogens is 231 g/mol. The Labute approximate surface area is 97.8 Å². The van der Waals surface area contributed by atoms with E-state index in [1.807, 2.05) is 0 Å². The lowest BCUT2D eigenvalue weighted by atomic mass is 10.1. The second-order valence-electron chi connectivity index (χ2n) is 4.12. The fourth-order valence-corrected chi connectivity index (χ4v) is 1.84. The number of ether oxygens (including phenoxy) is 1. The summed E-state index contributed by atoms with van der Waals surface area (Å²) in [4.78, 5) is 0. The molecule has 0 atom stereocenters. The molecule has 17 heavy (non-hydrogen) atoms. The molecule has 1 aliphatic heterocycles. The zero-order valence-electron chi connectivity index (χ0n) is 9.31. The van der Waals surface area contributed by atoms with Gasteiger partial charge in [0, 0.05) is 11.6 Å². The monoisotopic (exact) mass is 245 g/mol. The maximum absolute atomic E-state index is 13.3. The van der Waals surface area contributed by atoms with Gasteiger partial charge >= 0.3 is 0 Å². The average Bonchev–Trinajstić information content (AvgIpc) is 2.33. The van der Waals surface area contributed by atoms with E-state index in [2.05, 4.69) is 5.32 Å². The second-order valence-corrected chi connectivity index (χ2v) is 4.12. The van der Waals surface area contributed by atoms with Crippen LogP contribution in [0.25, 0.3) is 0 Å². The first-order chi connectivity index (χ1) is 8.16. The van der Waals surface area contributed by atoms with Gasteiger partial charge in [-0.25, -0.2) is 13.2 Å². The van der Waals surface area contributed by atoms with Gasteiger partial charge in [0.2, 0.25) is 0 Å². The molecule has 1 aromatic carbocycles. The van der Waals surface area contributed by atoms with Crippen LogP contribution in [0.15, 0.2) is 12.1 Å². The number of piperidine rings is 1. The Balaban J connectivity index is 1.96. The third kappa shape index (κ3) is 3.20. The van der Waals surface area contributed by atoms with Gasteiger partial charge in [0.1, 0.15) is 5.82 Å². The number of halogens is 3. The first-order valence-electron chi connectivity index (χ1n) is 5.62. The number of hydrogen-bond donors (Lipinski definition) is 1. The molecule has 0 bridgehead atoms. The van der Waals surface area contributed by atoms with Gasteiger partial charge in [0.25, 0.3) is 0 Å². The molecule has 1 saturated heterocycles. The van der Waals surface area contributed by atoms with Crippen molar-refractivity contribution in [3.63, 3.8) is 0 Å². The van der Waals surface area contributed by atoms with E-state index >= 15 is 0 Å². The molecule has 1 N–H and O–H groups in total. The van der Waals surface area contributed by atoms with E-state index < -0.39 is 17.5 Å². The van der Waals surface area contributed by atoms with Crippen LogP contribution in [-0.4, -0.2) is 19.2 Å². The minimum atomic E-state index is -1.17. The van der Waals surface area contributed by atoms with Crippen molar-refractivity contribution < 1.29 is 17.9 Å². The lowest BCUT2D eigenvalue weighted by Gasteiger charge is -2.23. The highest BCUT2D eigenvalue weighted by Crippen LogP contribution is 2.17. The molecule has 94 valence electrons. The van der Waals surface area contributed by atoms with E-state index in [0.717, 1.165) is 32.0 Å². The number of rotatable bonds is 3.